The second kappa shape index (κ2) is 12.0. The fourth-order valence-electron chi connectivity index (χ4n) is 1.66. The first-order valence-corrected chi connectivity index (χ1v) is 7.72. The summed E-state index contributed by atoms with van der Waals surface area (Å²) in [5.41, 5.74) is -0.849. The maximum atomic E-state index is 12.4. The number of hydrogen-bond donors (Lipinski definition) is 4. The van der Waals surface area contributed by atoms with Gasteiger partial charge in [-0.15, -0.1) is 0 Å². The number of ether oxygens (including phenoxy) is 3. The van der Waals surface area contributed by atoms with Gasteiger partial charge >= 0.3 is 24.4 Å². The van der Waals surface area contributed by atoms with Crippen molar-refractivity contribution in [2.75, 3.05) is 26.4 Å². The molecule has 0 radical (unpaired) electrons. The molecule has 0 heterocycles. The number of rotatable bonds is 11. The molecule has 152 valence electrons. The topological polar surface area (TPSA) is 160 Å². The van der Waals surface area contributed by atoms with Crippen LogP contribution in [0.3, 0.4) is 0 Å². The summed E-state index contributed by atoms with van der Waals surface area (Å²) >= 11 is 0. The van der Waals surface area contributed by atoms with Crippen molar-refractivity contribution in [1.29, 1.82) is 0 Å². The van der Waals surface area contributed by atoms with Gasteiger partial charge in [0.05, 0.1) is 26.4 Å². The number of aliphatic hydroxyl groups excluding tert-OH is 4. The number of carbonyl (C=O) groups excluding carboxylic acids is 3. The summed E-state index contributed by atoms with van der Waals surface area (Å²) in [5, 5.41) is 37.1. The molecule has 0 rings (SSSR count). The van der Waals surface area contributed by atoms with Crippen LogP contribution in [0.2, 0.25) is 0 Å². The molecule has 0 aliphatic heterocycles. The first-order chi connectivity index (χ1) is 12.6. The molecule has 27 heavy (non-hydrogen) atoms. The molecule has 0 aromatic heterocycles. The first-order valence-electron chi connectivity index (χ1n) is 7.72. The Bertz CT molecular complexity index is 581. The predicted molar refractivity (Wildman–Crippen MR) is 90.6 cm³/mol. The highest BCUT2D eigenvalue weighted by Gasteiger charge is 2.30. The summed E-state index contributed by atoms with van der Waals surface area (Å²) in [4.78, 5) is 35.7. The summed E-state index contributed by atoms with van der Waals surface area (Å²) in [5.74, 6) is -4.56. The molecule has 0 amide bonds. The predicted octanol–water partition coefficient (Wildman–Crippen LogP) is -1.07. The van der Waals surface area contributed by atoms with Crippen LogP contribution < -0.4 is 0 Å². The van der Waals surface area contributed by atoms with Crippen LogP contribution in [-0.4, -0.2) is 71.2 Å². The standard InChI is InChI=1S/C17H24O10/c1-9(2)14(22)25-17(26-15(23)10(3)4)27-16(24)13(11(5-18)6-19)12(7-20)8-21/h11,17-21H,1,3,5-8H2,2,4H3. The van der Waals surface area contributed by atoms with Crippen molar-refractivity contribution in [3.05, 3.63) is 35.5 Å². The van der Waals surface area contributed by atoms with Crippen LogP contribution in [0, 0.1) is 5.92 Å². The lowest BCUT2D eigenvalue weighted by atomic mass is 9.95. The summed E-state index contributed by atoms with van der Waals surface area (Å²) in [6.45, 7) is 4.15. The van der Waals surface area contributed by atoms with Crippen molar-refractivity contribution in [1.82, 2.24) is 0 Å². The van der Waals surface area contributed by atoms with Crippen molar-refractivity contribution in [3.8, 4) is 0 Å². The Labute approximate surface area is 156 Å². The zero-order valence-corrected chi connectivity index (χ0v) is 15.1. The molecule has 0 spiro atoms. The van der Waals surface area contributed by atoms with Crippen LogP contribution in [-0.2, 0) is 28.6 Å². The lowest BCUT2D eigenvalue weighted by Gasteiger charge is -2.22. The minimum atomic E-state index is -2.13. The van der Waals surface area contributed by atoms with Crippen molar-refractivity contribution < 1.29 is 49.0 Å². The van der Waals surface area contributed by atoms with E-state index in [1.54, 1.807) is 0 Å². The van der Waals surface area contributed by atoms with E-state index in [4.69, 9.17) is 14.2 Å². The molecule has 0 aromatic rings. The van der Waals surface area contributed by atoms with E-state index in [0.717, 1.165) is 0 Å². The van der Waals surface area contributed by atoms with Crippen LogP contribution in [0.5, 0.6) is 0 Å². The van der Waals surface area contributed by atoms with Gasteiger partial charge in [-0.2, -0.15) is 0 Å². The highest BCUT2D eigenvalue weighted by atomic mass is 16.9. The largest absolute Gasteiger partial charge is 0.413 e. The molecule has 0 aliphatic rings. The smallest absolute Gasteiger partial charge is 0.396 e. The van der Waals surface area contributed by atoms with E-state index in [0.29, 0.717) is 0 Å². The van der Waals surface area contributed by atoms with E-state index < -0.39 is 62.3 Å². The maximum absolute atomic E-state index is 12.4. The molecule has 4 N–H and O–H groups in total. The van der Waals surface area contributed by atoms with Gasteiger partial charge in [-0.3, -0.25) is 0 Å². The molecule has 0 saturated carbocycles. The molecule has 0 atom stereocenters. The number of carbonyl (C=O) groups is 3. The molecule has 0 unspecified atom stereocenters. The van der Waals surface area contributed by atoms with Crippen molar-refractivity contribution >= 4 is 17.9 Å². The Morgan fingerprint density at radius 1 is 0.778 bits per heavy atom. The van der Waals surface area contributed by atoms with E-state index >= 15 is 0 Å². The zero-order chi connectivity index (χ0) is 21.1. The van der Waals surface area contributed by atoms with Crippen LogP contribution in [0.1, 0.15) is 13.8 Å². The van der Waals surface area contributed by atoms with E-state index in [1.807, 2.05) is 0 Å². The summed E-state index contributed by atoms with van der Waals surface area (Å²) < 4.78 is 14.2. The first kappa shape index (κ1) is 24.5. The highest BCUT2D eigenvalue weighted by Crippen LogP contribution is 2.19. The van der Waals surface area contributed by atoms with Gasteiger partial charge in [-0.25, -0.2) is 14.4 Å². The molecule has 0 saturated heterocycles. The highest BCUT2D eigenvalue weighted by molar-refractivity contribution is 5.91. The minimum Gasteiger partial charge on any atom is -0.396 e. The van der Waals surface area contributed by atoms with E-state index in [2.05, 4.69) is 13.2 Å². The van der Waals surface area contributed by atoms with E-state index in [9.17, 15) is 34.8 Å². The third-order valence-corrected chi connectivity index (χ3v) is 3.14. The van der Waals surface area contributed by atoms with Gasteiger partial charge in [-0.1, -0.05) is 13.2 Å². The van der Waals surface area contributed by atoms with Gasteiger partial charge in [0.15, 0.2) is 0 Å². The fraction of sp³-hybridized carbons (Fsp3) is 0.471. The van der Waals surface area contributed by atoms with Gasteiger partial charge in [0.2, 0.25) is 0 Å². The average Bonchev–Trinajstić information content (AvgIpc) is 2.61. The third kappa shape index (κ3) is 7.71. The Morgan fingerprint density at radius 3 is 1.44 bits per heavy atom. The normalized spacial score (nSPS) is 10.4. The Kier molecular flexibility index (Phi) is 10.8. The number of hydrogen-bond acceptors (Lipinski definition) is 10. The molecular formula is C17H24O10. The molecular weight excluding hydrogens is 364 g/mol. The van der Waals surface area contributed by atoms with Crippen LogP contribution >= 0.6 is 0 Å². The van der Waals surface area contributed by atoms with Crippen molar-refractivity contribution in [2.24, 2.45) is 5.92 Å². The van der Waals surface area contributed by atoms with Gasteiger partial charge in [0.25, 0.3) is 0 Å². The van der Waals surface area contributed by atoms with Crippen LogP contribution in [0.25, 0.3) is 0 Å². The monoisotopic (exact) mass is 388 g/mol. The molecule has 0 aromatic carbocycles. The minimum absolute atomic E-state index is 0.0758. The fourth-order valence-corrected chi connectivity index (χ4v) is 1.66. The third-order valence-electron chi connectivity index (χ3n) is 3.14. The van der Waals surface area contributed by atoms with Gasteiger partial charge in [-0.05, 0) is 19.4 Å². The summed E-state index contributed by atoms with van der Waals surface area (Å²) in [6, 6.07) is 0. The van der Waals surface area contributed by atoms with Crippen molar-refractivity contribution in [2.45, 2.75) is 20.3 Å². The van der Waals surface area contributed by atoms with Crippen molar-refractivity contribution in [3.63, 3.8) is 0 Å². The maximum Gasteiger partial charge on any atom is 0.413 e. The molecule has 10 nitrogen and oxygen atoms in total. The average molecular weight is 388 g/mol. The molecule has 10 heteroatoms. The zero-order valence-electron chi connectivity index (χ0n) is 15.1. The van der Waals surface area contributed by atoms with Gasteiger partial charge < -0.3 is 34.6 Å². The van der Waals surface area contributed by atoms with E-state index in [-0.39, 0.29) is 16.7 Å². The van der Waals surface area contributed by atoms with E-state index in [1.165, 1.54) is 13.8 Å². The second-order valence-corrected chi connectivity index (χ2v) is 5.46. The number of aliphatic hydroxyl groups is 4. The summed E-state index contributed by atoms with van der Waals surface area (Å²) in [7, 11) is 0. The Balaban J connectivity index is 5.73. The Hall–Kier alpha value is -2.53. The van der Waals surface area contributed by atoms with Crippen LogP contribution in [0.15, 0.2) is 35.5 Å². The molecule has 0 bridgehead atoms. The SMILES string of the molecule is C=C(C)C(=O)OC(OC(=O)C(=C)C)OC(=O)C(=C(CO)CO)C(CO)CO. The molecule has 0 fully saturated rings. The number of esters is 3. The quantitative estimate of drug-likeness (QED) is 0.195. The Morgan fingerprint density at radius 2 is 1.15 bits per heavy atom. The lowest BCUT2D eigenvalue weighted by Crippen LogP contribution is -2.33. The molecule has 0 aliphatic carbocycles. The van der Waals surface area contributed by atoms with Gasteiger partial charge in [0, 0.05) is 22.6 Å². The second-order valence-electron chi connectivity index (χ2n) is 5.46. The van der Waals surface area contributed by atoms with Gasteiger partial charge in [0.1, 0.15) is 0 Å². The summed E-state index contributed by atoms with van der Waals surface area (Å²) in [6.07, 6.45) is 0. The lowest BCUT2D eigenvalue weighted by molar-refractivity contribution is -0.252. The van der Waals surface area contributed by atoms with Crippen LogP contribution in [0.4, 0.5) is 0 Å².